The highest BCUT2D eigenvalue weighted by molar-refractivity contribution is 7.90. The average molecular weight is 214 g/mol. The Kier molecular flexibility index (Phi) is 1.95. The first kappa shape index (κ1) is 9.39. The smallest absolute Gasteiger partial charge is 0.168 e. The van der Waals surface area contributed by atoms with Gasteiger partial charge in [0.25, 0.3) is 0 Å². The van der Waals surface area contributed by atoms with Crippen molar-refractivity contribution < 1.29 is 13.2 Å². The minimum absolute atomic E-state index is 0.0513. The predicted octanol–water partition coefficient (Wildman–Crippen LogP) is -0.296. The van der Waals surface area contributed by atoms with Crippen LogP contribution in [-0.4, -0.2) is 30.2 Å². The molecule has 0 spiro atoms. The highest BCUT2D eigenvalue weighted by Gasteiger charge is 2.27. The summed E-state index contributed by atoms with van der Waals surface area (Å²) in [6, 6.07) is 0. The minimum atomic E-state index is -3.03. The van der Waals surface area contributed by atoms with Gasteiger partial charge in [0.05, 0.1) is 17.2 Å². The number of hydrogen-bond donors (Lipinski definition) is 0. The van der Waals surface area contributed by atoms with Gasteiger partial charge in [-0.2, -0.15) is 5.10 Å². The van der Waals surface area contributed by atoms with Gasteiger partial charge in [0, 0.05) is 19.0 Å². The van der Waals surface area contributed by atoms with Crippen molar-refractivity contribution in [3.05, 3.63) is 17.0 Å². The van der Waals surface area contributed by atoms with E-state index < -0.39 is 9.84 Å². The molecule has 6 heteroatoms. The maximum atomic E-state index is 11.3. The molecule has 0 aliphatic carbocycles. The Balaban J connectivity index is 2.59. The predicted molar refractivity (Wildman–Crippen MR) is 49.8 cm³/mol. The maximum absolute atomic E-state index is 11.3. The van der Waals surface area contributed by atoms with E-state index in [9.17, 15) is 13.2 Å². The van der Waals surface area contributed by atoms with Crippen LogP contribution in [0.25, 0.3) is 0 Å². The van der Waals surface area contributed by atoms with E-state index in [1.165, 1.54) is 4.68 Å². The Hall–Kier alpha value is -1.17. The summed E-state index contributed by atoms with van der Waals surface area (Å²) in [7, 11) is -1.38. The van der Waals surface area contributed by atoms with E-state index in [1.54, 1.807) is 7.05 Å². The summed E-state index contributed by atoms with van der Waals surface area (Å²) in [5, 5.41) is 4.11. The minimum Gasteiger partial charge on any atom is -0.296 e. The van der Waals surface area contributed by atoms with Crippen molar-refractivity contribution in [1.82, 2.24) is 9.78 Å². The molecule has 76 valence electrons. The van der Waals surface area contributed by atoms with Crippen molar-refractivity contribution in [3.8, 4) is 0 Å². The number of carbonyl (C=O) groups excluding carboxylic acids is 1. The summed E-state index contributed by atoms with van der Waals surface area (Å²) < 4.78 is 24.1. The second-order valence-corrected chi connectivity index (χ2v) is 5.58. The van der Waals surface area contributed by atoms with Crippen molar-refractivity contribution in [1.29, 1.82) is 0 Å². The molecule has 0 unspecified atom stereocenters. The van der Waals surface area contributed by atoms with Crippen molar-refractivity contribution in [3.63, 3.8) is 0 Å². The van der Waals surface area contributed by atoms with Crippen LogP contribution in [0.1, 0.15) is 21.7 Å². The molecule has 1 aliphatic rings. The number of aldehydes is 1. The summed E-state index contributed by atoms with van der Waals surface area (Å²) >= 11 is 0. The van der Waals surface area contributed by atoms with Gasteiger partial charge in [-0.1, -0.05) is 0 Å². The van der Waals surface area contributed by atoms with Crippen molar-refractivity contribution >= 4 is 16.1 Å². The van der Waals surface area contributed by atoms with Gasteiger partial charge in [0.1, 0.15) is 5.69 Å². The number of nitrogens with zero attached hydrogens (tertiary/aromatic N) is 2. The normalized spacial score (nSPS) is 18.9. The Morgan fingerprint density at radius 1 is 1.50 bits per heavy atom. The number of fused-ring (bicyclic) bond motifs is 1. The van der Waals surface area contributed by atoms with Crippen LogP contribution in [-0.2, 0) is 29.1 Å². The molecule has 0 atom stereocenters. The molecule has 1 aliphatic heterocycles. The fourth-order valence-electron chi connectivity index (χ4n) is 1.69. The van der Waals surface area contributed by atoms with Crippen LogP contribution in [0.4, 0.5) is 0 Å². The zero-order valence-electron chi connectivity index (χ0n) is 7.73. The summed E-state index contributed by atoms with van der Waals surface area (Å²) in [6.45, 7) is 0. The summed E-state index contributed by atoms with van der Waals surface area (Å²) in [4.78, 5) is 10.7. The van der Waals surface area contributed by atoms with Gasteiger partial charge in [0.15, 0.2) is 16.1 Å². The Labute approximate surface area is 81.6 Å². The fourth-order valence-corrected chi connectivity index (χ4v) is 3.09. The Morgan fingerprint density at radius 2 is 2.21 bits per heavy atom. The number of sulfone groups is 1. The highest BCUT2D eigenvalue weighted by atomic mass is 32.2. The number of aryl methyl sites for hydroxylation is 2. The van der Waals surface area contributed by atoms with Crippen molar-refractivity contribution in [2.24, 2.45) is 7.05 Å². The first-order chi connectivity index (χ1) is 6.53. The quantitative estimate of drug-likeness (QED) is 0.602. The molecule has 0 bridgehead atoms. The van der Waals surface area contributed by atoms with E-state index in [-0.39, 0.29) is 11.5 Å². The summed E-state index contributed by atoms with van der Waals surface area (Å²) in [6.07, 6.45) is 1.08. The standard InChI is InChI=1S/C8H10N2O3S/c1-10-8(4-11)6-5-14(12,13)3-2-7(6)9-10/h4H,2-3,5H2,1H3. The molecule has 5 nitrogen and oxygen atoms in total. The molecule has 2 heterocycles. The highest BCUT2D eigenvalue weighted by Crippen LogP contribution is 2.21. The fraction of sp³-hybridized carbons (Fsp3) is 0.500. The number of aromatic nitrogens is 2. The molecule has 0 aromatic carbocycles. The monoisotopic (exact) mass is 214 g/mol. The molecule has 0 saturated heterocycles. The van der Waals surface area contributed by atoms with Crippen LogP contribution in [0.3, 0.4) is 0 Å². The Bertz CT molecular complexity index is 487. The van der Waals surface area contributed by atoms with Gasteiger partial charge >= 0.3 is 0 Å². The van der Waals surface area contributed by atoms with E-state index >= 15 is 0 Å². The molecule has 0 radical (unpaired) electrons. The third kappa shape index (κ3) is 1.35. The zero-order valence-corrected chi connectivity index (χ0v) is 8.54. The lowest BCUT2D eigenvalue weighted by atomic mass is 10.2. The number of rotatable bonds is 1. The SMILES string of the molecule is Cn1nc2c(c1C=O)CS(=O)(=O)CC2. The molecule has 0 amide bonds. The van der Waals surface area contributed by atoms with E-state index in [1.807, 2.05) is 0 Å². The molecule has 14 heavy (non-hydrogen) atoms. The maximum Gasteiger partial charge on any atom is 0.168 e. The second kappa shape index (κ2) is 2.91. The van der Waals surface area contributed by atoms with Crippen LogP contribution < -0.4 is 0 Å². The van der Waals surface area contributed by atoms with E-state index in [4.69, 9.17) is 0 Å². The second-order valence-electron chi connectivity index (χ2n) is 3.39. The largest absolute Gasteiger partial charge is 0.296 e. The molecule has 0 fully saturated rings. The van der Waals surface area contributed by atoms with Crippen LogP contribution in [0.15, 0.2) is 0 Å². The lowest BCUT2D eigenvalue weighted by Crippen LogP contribution is -2.18. The summed E-state index contributed by atoms with van der Waals surface area (Å²) in [5.74, 6) is 0.0829. The molecule has 1 aromatic rings. The van der Waals surface area contributed by atoms with Crippen LogP contribution in [0.5, 0.6) is 0 Å². The summed E-state index contributed by atoms with van der Waals surface area (Å²) in [5.41, 5.74) is 1.70. The van der Waals surface area contributed by atoms with Gasteiger partial charge in [-0.05, 0) is 0 Å². The molecule has 0 saturated carbocycles. The zero-order chi connectivity index (χ0) is 10.3. The third-order valence-electron chi connectivity index (χ3n) is 2.40. The van der Waals surface area contributed by atoms with Crippen molar-refractivity contribution in [2.45, 2.75) is 12.2 Å². The molecular formula is C8H10N2O3S. The Morgan fingerprint density at radius 3 is 2.86 bits per heavy atom. The average Bonchev–Trinajstić information content (AvgIpc) is 2.39. The van der Waals surface area contributed by atoms with Crippen molar-refractivity contribution in [2.75, 3.05) is 5.75 Å². The van der Waals surface area contributed by atoms with E-state index in [2.05, 4.69) is 5.10 Å². The lowest BCUT2D eigenvalue weighted by Gasteiger charge is -2.10. The molecule has 0 N–H and O–H groups in total. The molecule has 1 aromatic heterocycles. The van der Waals surface area contributed by atoms with Gasteiger partial charge in [-0.15, -0.1) is 0 Å². The van der Waals surface area contributed by atoms with Gasteiger partial charge < -0.3 is 0 Å². The van der Waals surface area contributed by atoms with Gasteiger partial charge in [0.2, 0.25) is 0 Å². The third-order valence-corrected chi connectivity index (χ3v) is 3.96. The number of carbonyl (C=O) groups is 1. The van der Waals surface area contributed by atoms with Crippen LogP contribution in [0.2, 0.25) is 0 Å². The first-order valence-corrected chi connectivity index (χ1v) is 6.06. The molecular weight excluding hydrogens is 204 g/mol. The number of hydrogen-bond acceptors (Lipinski definition) is 4. The lowest BCUT2D eigenvalue weighted by molar-refractivity contribution is 0.111. The van der Waals surface area contributed by atoms with E-state index in [0.29, 0.717) is 24.0 Å². The van der Waals surface area contributed by atoms with E-state index in [0.717, 1.165) is 5.69 Å². The van der Waals surface area contributed by atoms with Gasteiger partial charge in [-0.25, -0.2) is 8.42 Å². The topological polar surface area (TPSA) is 69.0 Å². The molecule has 2 rings (SSSR count). The first-order valence-electron chi connectivity index (χ1n) is 4.24. The van der Waals surface area contributed by atoms with Crippen LogP contribution in [0, 0.1) is 0 Å². The van der Waals surface area contributed by atoms with Gasteiger partial charge in [-0.3, -0.25) is 9.48 Å². The van der Waals surface area contributed by atoms with Crippen LogP contribution >= 0.6 is 0 Å².